The van der Waals surface area contributed by atoms with Crippen LogP contribution in [-0.4, -0.2) is 51.3 Å². The van der Waals surface area contributed by atoms with Crippen LogP contribution in [0.4, 0.5) is 8.78 Å². The third-order valence-electron chi connectivity index (χ3n) is 7.82. The molecule has 190 valence electrons. The van der Waals surface area contributed by atoms with Gasteiger partial charge in [0.1, 0.15) is 17.2 Å². The molecule has 11 heteroatoms. The van der Waals surface area contributed by atoms with Gasteiger partial charge in [0.15, 0.2) is 17.7 Å². The molecule has 5 atom stereocenters. The highest BCUT2D eigenvalue weighted by Crippen LogP contribution is 2.49. The zero-order valence-corrected chi connectivity index (χ0v) is 19.6. The molecule has 2 aromatic rings. The Bertz CT molecular complexity index is 1340. The molecule has 3 N–H and O–H groups in total. The Morgan fingerprint density at radius 1 is 1.22 bits per heavy atom. The van der Waals surface area contributed by atoms with Gasteiger partial charge in [-0.05, 0) is 38.3 Å². The first-order chi connectivity index (χ1) is 17.3. The number of nitrogens with one attached hydrogen (secondary N) is 2. The molecule has 1 saturated heterocycles. The molecule has 2 bridgehead atoms. The molecule has 0 radical (unpaired) electrons. The monoisotopic (exact) mass is 500 g/mol. The van der Waals surface area contributed by atoms with E-state index in [-0.39, 0.29) is 41.6 Å². The van der Waals surface area contributed by atoms with Gasteiger partial charge in [0.2, 0.25) is 5.43 Å². The summed E-state index contributed by atoms with van der Waals surface area (Å²) in [5.74, 6) is -3.64. The van der Waals surface area contributed by atoms with E-state index in [1.54, 1.807) is 9.47 Å². The van der Waals surface area contributed by atoms with Crippen LogP contribution >= 0.6 is 0 Å². The second kappa shape index (κ2) is 8.38. The molecule has 2 fully saturated rings. The third kappa shape index (κ3) is 3.29. The molecule has 1 aliphatic carbocycles. The predicted octanol–water partition coefficient (Wildman–Crippen LogP) is 2.09. The molecule has 4 aliphatic rings. The van der Waals surface area contributed by atoms with Gasteiger partial charge in [-0.2, -0.15) is 0 Å². The quantitative estimate of drug-likeness (QED) is 0.580. The van der Waals surface area contributed by atoms with Crippen LogP contribution in [0.1, 0.15) is 76.8 Å². The fraction of sp³-hybridized carbons (Fsp3) is 0.480. The van der Waals surface area contributed by atoms with Crippen LogP contribution < -0.4 is 16.1 Å². The average Bonchev–Trinajstić information content (AvgIpc) is 3.39. The van der Waals surface area contributed by atoms with Gasteiger partial charge in [-0.25, -0.2) is 8.78 Å². The maximum Gasteiger partial charge on any atom is 0.276 e. The lowest BCUT2D eigenvalue weighted by Gasteiger charge is -2.47. The molecule has 3 unspecified atom stereocenters. The van der Waals surface area contributed by atoms with Crippen LogP contribution in [0.15, 0.2) is 23.0 Å². The number of nitrogens with zero attached hydrogens (tertiary/aromatic N) is 2. The molecular formula is C25H26F2N4O5. The highest BCUT2D eigenvalue weighted by molar-refractivity contribution is 6.01. The fourth-order valence-corrected chi connectivity index (χ4v) is 6.31. The van der Waals surface area contributed by atoms with Crippen LogP contribution in [-0.2, 0) is 11.3 Å². The van der Waals surface area contributed by atoms with E-state index >= 15 is 0 Å². The topological polar surface area (TPSA) is 113 Å². The number of aromatic nitrogens is 1. The number of carbonyl (C=O) groups excluding carboxylic acids is 2. The maximum absolute atomic E-state index is 14.1. The van der Waals surface area contributed by atoms with Gasteiger partial charge in [-0.15, -0.1) is 0 Å². The average molecular weight is 501 g/mol. The van der Waals surface area contributed by atoms with E-state index < -0.39 is 46.9 Å². The minimum Gasteiger partial charge on any atom is -0.503 e. The van der Waals surface area contributed by atoms with Crippen molar-refractivity contribution in [2.75, 3.05) is 6.54 Å². The molecule has 0 spiro atoms. The van der Waals surface area contributed by atoms with Crippen molar-refractivity contribution in [2.24, 2.45) is 0 Å². The molecule has 3 aliphatic heterocycles. The fourth-order valence-electron chi connectivity index (χ4n) is 6.31. The van der Waals surface area contributed by atoms with Gasteiger partial charge in [-0.1, -0.05) is 13.0 Å². The lowest BCUT2D eigenvalue weighted by molar-refractivity contribution is -0.147. The number of halogens is 2. The van der Waals surface area contributed by atoms with Crippen LogP contribution in [0.3, 0.4) is 0 Å². The van der Waals surface area contributed by atoms with Crippen molar-refractivity contribution in [3.63, 3.8) is 0 Å². The maximum atomic E-state index is 14.1. The third-order valence-corrected chi connectivity index (χ3v) is 7.82. The first-order valence-corrected chi connectivity index (χ1v) is 12.2. The summed E-state index contributed by atoms with van der Waals surface area (Å²) in [7, 11) is 0. The van der Waals surface area contributed by atoms with E-state index in [0.29, 0.717) is 24.7 Å². The highest BCUT2D eigenvalue weighted by atomic mass is 19.1. The van der Waals surface area contributed by atoms with Gasteiger partial charge >= 0.3 is 0 Å². The number of rotatable bonds is 5. The Labute approximate surface area is 205 Å². The predicted molar refractivity (Wildman–Crippen MR) is 122 cm³/mol. The number of ether oxygens (including phenoxy) is 1. The van der Waals surface area contributed by atoms with E-state index in [1.165, 1.54) is 6.07 Å². The number of amides is 2. The second-order valence-corrected chi connectivity index (χ2v) is 9.82. The van der Waals surface area contributed by atoms with Gasteiger partial charge < -0.3 is 29.9 Å². The first kappa shape index (κ1) is 23.1. The van der Waals surface area contributed by atoms with Crippen molar-refractivity contribution in [2.45, 2.75) is 69.6 Å². The Morgan fingerprint density at radius 2 is 2.03 bits per heavy atom. The van der Waals surface area contributed by atoms with Gasteiger partial charge in [0.05, 0.1) is 23.9 Å². The van der Waals surface area contributed by atoms with Crippen molar-refractivity contribution in [1.29, 1.82) is 0 Å². The zero-order valence-electron chi connectivity index (χ0n) is 19.6. The van der Waals surface area contributed by atoms with E-state index in [0.717, 1.165) is 25.3 Å². The molecule has 36 heavy (non-hydrogen) atoms. The number of pyridine rings is 1. The van der Waals surface area contributed by atoms with E-state index in [1.807, 2.05) is 6.92 Å². The first-order valence-electron chi connectivity index (χ1n) is 12.2. The van der Waals surface area contributed by atoms with Crippen molar-refractivity contribution in [3.8, 4) is 5.75 Å². The summed E-state index contributed by atoms with van der Waals surface area (Å²) < 4.78 is 35.2. The molecule has 1 aromatic heterocycles. The summed E-state index contributed by atoms with van der Waals surface area (Å²) in [6.07, 6.45) is 2.33. The summed E-state index contributed by atoms with van der Waals surface area (Å²) in [5.41, 5.74) is -1.02. The largest absolute Gasteiger partial charge is 0.503 e. The zero-order chi connectivity index (χ0) is 25.3. The van der Waals surface area contributed by atoms with Crippen molar-refractivity contribution < 1.29 is 28.2 Å². The Balaban J connectivity index is 1.44. The normalized spacial score (nSPS) is 27.7. The number of fused-ring (bicyclic) bond motifs is 5. The number of carbonyl (C=O) groups is 2. The molecule has 1 saturated carbocycles. The molecule has 4 heterocycles. The molecule has 1 aromatic carbocycles. The van der Waals surface area contributed by atoms with Crippen LogP contribution in [0.5, 0.6) is 5.75 Å². The van der Waals surface area contributed by atoms with Crippen molar-refractivity contribution in [3.05, 3.63) is 62.6 Å². The number of aromatic hydroxyl groups is 1. The van der Waals surface area contributed by atoms with Gasteiger partial charge in [0.25, 0.3) is 11.8 Å². The molecule has 9 nitrogen and oxygen atoms in total. The molecule has 2 amide bonds. The second-order valence-electron chi connectivity index (χ2n) is 9.82. The SMILES string of the molecule is CCNC1C[C@H]2[C@H]3OC4CCC(C4)N3C(=O)c3c(O)c(=O)c(C(=O)NCc4ccc(F)cc4F)c1n32. The number of hydrogen-bond acceptors (Lipinski definition) is 6. The minimum atomic E-state index is -0.953. The molecular weight excluding hydrogens is 474 g/mol. The summed E-state index contributed by atoms with van der Waals surface area (Å²) >= 11 is 0. The summed E-state index contributed by atoms with van der Waals surface area (Å²) in [6.45, 7) is 2.14. The van der Waals surface area contributed by atoms with Crippen molar-refractivity contribution in [1.82, 2.24) is 20.1 Å². The van der Waals surface area contributed by atoms with Crippen molar-refractivity contribution >= 4 is 11.8 Å². The lowest BCUT2D eigenvalue weighted by atomic mass is 10.0. The van der Waals surface area contributed by atoms with Gasteiger partial charge in [0, 0.05) is 24.2 Å². The van der Waals surface area contributed by atoms with E-state index in [4.69, 9.17) is 4.74 Å². The lowest BCUT2D eigenvalue weighted by Crippen LogP contribution is -2.58. The molecule has 6 rings (SSSR count). The standard InChI is InChI=1S/C25H26F2N4O5/c1-2-28-16-9-17-25-30(13-5-6-14(8-13)36-25)24(35)20-22(33)21(32)18(19(16)31(17)20)23(34)29-10-11-3-4-12(26)7-15(11)27/h3-4,7,13-14,16-17,25,28,33H,2,5-6,8-10H2,1H3,(H,29,34)/t13?,14?,16?,17-,25+/m0/s1. The number of benzene rings is 1. The summed E-state index contributed by atoms with van der Waals surface area (Å²) in [5, 5.41) is 16.7. The Hall–Kier alpha value is -3.31. The van der Waals surface area contributed by atoms with Crippen LogP contribution in [0.25, 0.3) is 0 Å². The number of hydrogen-bond donors (Lipinski definition) is 3. The minimum absolute atomic E-state index is 0.0142. The highest BCUT2D eigenvalue weighted by Gasteiger charge is 2.55. The Kier molecular flexibility index (Phi) is 5.38. The summed E-state index contributed by atoms with van der Waals surface area (Å²) in [6, 6.07) is 2.16. The summed E-state index contributed by atoms with van der Waals surface area (Å²) in [4.78, 5) is 41.9. The van der Waals surface area contributed by atoms with E-state index in [2.05, 4.69) is 10.6 Å². The van der Waals surface area contributed by atoms with Crippen LogP contribution in [0.2, 0.25) is 0 Å². The smallest absolute Gasteiger partial charge is 0.276 e. The van der Waals surface area contributed by atoms with E-state index in [9.17, 15) is 28.3 Å². The van der Waals surface area contributed by atoms with Crippen LogP contribution in [0, 0.1) is 11.6 Å². The Morgan fingerprint density at radius 3 is 2.78 bits per heavy atom. The van der Waals surface area contributed by atoms with Gasteiger partial charge in [-0.3, -0.25) is 14.4 Å².